The summed E-state index contributed by atoms with van der Waals surface area (Å²) in [4.78, 5) is 17.0. The second kappa shape index (κ2) is 6.07. The van der Waals surface area contributed by atoms with E-state index in [2.05, 4.69) is 10.3 Å². The molecule has 1 aliphatic rings. The average molecular weight is 310 g/mol. The van der Waals surface area contributed by atoms with Crippen LogP contribution < -0.4 is 5.32 Å². The van der Waals surface area contributed by atoms with Crippen molar-refractivity contribution in [2.75, 3.05) is 0 Å². The van der Waals surface area contributed by atoms with E-state index in [4.69, 9.17) is 0 Å². The summed E-state index contributed by atoms with van der Waals surface area (Å²) in [5, 5.41) is 12.5. The summed E-state index contributed by atoms with van der Waals surface area (Å²) in [5.74, 6) is 0.0381. The topological polar surface area (TPSA) is 61.7 Å². The van der Waals surface area contributed by atoms with Gasteiger partial charge in [0.05, 0.1) is 10.6 Å². The number of aromatic hydroxyl groups is 1. The lowest BCUT2D eigenvalue weighted by molar-refractivity contribution is -0.115. The van der Waals surface area contributed by atoms with Crippen LogP contribution in [0.5, 0.6) is 5.75 Å². The molecule has 0 radical (unpaired) electrons. The number of nitrogens with one attached hydrogen (secondary N) is 1. The number of aliphatic imine (C=N–C) groups is 1. The molecule has 0 aliphatic carbocycles. The number of amides is 1. The third kappa shape index (κ3) is 3.38. The average Bonchev–Trinajstić information content (AvgIpc) is 2.81. The van der Waals surface area contributed by atoms with Crippen molar-refractivity contribution in [2.24, 2.45) is 4.99 Å². The molecular weight excluding hydrogens is 296 g/mol. The van der Waals surface area contributed by atoms with Crippen molar-refractivity contribution in [3.63, 3.8) is 0 Å². The van der Waals surface area contributed by atoms with Gasteiger partial charge in [0, 0.05) is 0 Å². The predicted molar refractivity (Wildman–Crippen MR) is 90.1 cm³/mol. The second-order valence-corrected chi connectivity index (χ2v) is 5.94. The number of nitrogens with zero attached hydrogens (tertiary/aromatic N) is 1. The third-order valence-electron chi connectivity index (χ3n) is 3.07. The number of rotatable bonds is 2. The van der Waals surface area contributed by atoms with Crippen molar-refractivity contribution >= 4 is 34.6 Å². The molecule has 0 saturated carbocycles. The Hall–Kier alpha value is -2.53. The lowest BCUT2D eigenvalue weighted by Gasteiger charge is -1.97. The van der Waals surface area contributed by atoms with Crippen LogP contribution in [0.25, 0.3) is 6.08 Å². The van der Waals surface area contributed by atoms with Crippen molar-refractivity contribution in [1.29, 1.82) is 0 Å². The van der Waals surface area contributed by atoms with Gasteiger partial charge in [-0.1, -0.05) is 29.8 Å². The van der Waals surface area contributed by atoms with Gasteiger partial charge in [0.15, 0.2) is 5.17 Å². The van der Waals surface area contributed by atoms with E-state index in [-0.39, 0.29) is 11.7 Å². The van der Waals surface area contributed by atoms with Gasteiger partial charge in [-0.25, -0.2) is 4.99 Å². The molecule has 5 heteroatoms. The van der Waals surface area contributed by atoms with Gasteiger partial charge in [-0.05, 0) is 54.6 Å². The van der Waals surface area contributed by atoms with Crippen LogP contribution in [0.3, 0.4) is 0 Å². The number of thioether (sulfide) groups is 1. The number of phenols is 1. The van der Waals surface area contributed by atoms with Gasteiger partial charge < -0.3 is 10.4 Å². The largest absolute Gasteiger partial charge is 0.508 e. The van der Waals surface area contributed by atoms with E-state index in [0.29, 0.717) is 15.8 Å². The summed E-state index contributed by atoms with van der Waals surface area (Å²) in [5.41, 5.74) is 2.82. The molecule has 2 N–H and O–H groups in total. The minimum Gasteiger partial charge on any atom is -0.508 e. The van der Waals surface area contributed by atoms with Crippen LogP contribution in [0.1, 0.15) is 11.1 Å². The van der Waals surface area contributed by atoms with Crippen molar-refractivity contribution in [3.8, 4) is 5.75 Å². The van der Waals surface area contributed by atoms with Gasteiger partial charge >= 0.3 is 0 Å². The fraction of sp³-hybridized carbons (Fsp3) is 0.0588. The Bertz CT molecular complexity index is 780. The van der Waals surface area contributed by atoms with Crippen LogP contribution in [0.15, 0.2) is 58.4 Å². The first-order valence-electron chi connectivity index (χ1n) is 6.75. The number of aryl methyl sites for hydroxylation is 1. The van der Waals surface area contributed by atoms with Crippen LogP contribution in [0, 0.1) is 6.92 Å². The first kappa shape index (κ1) is 14.4. The van der Waals surface area contributed by atoms with Crippen molar-refractivity contribution in [3.05, 3.63) is 64.6 Å². The van der Waals surface area contributed by atoms with Gasteiger partial charge in [0.2, 0.25) is 0 Å². The van der Waals surface area contributed by atoms with Crippen LogP contribution in [0.2, 0.25) is 0 Å². The molecule has 1 heterocycles. The molecule has 2 aromatic rings. The maximum Gasteiger partial charge on any atom is 0.264 e. The molecule has 3 rings (SSSR count). The van der Waals surface area contributed by atoms with Crippen LogP contribution in [-0.4, -0.2) is 16.2 Å². The number of hydrogen-bond donors (Lipinski definition) is 2. The summed E-state index contributed by atoms with van der Waals surface area (Å²) >= 11 is 1.31. The fourth-order valence-electron chi connectivity index (χ4n) is 2.04. The number of amidine groups is 1. The lowest BCUT2D eigenvalue weighted by Crippen LogP contribution is -2.19. The van der Waals surface area contributed by atoms with Crippen LogP contribution >= 0.6 is 11.8 Å². The smallest absolute Gasteiger partial charge is 0.264 e. The molecule has 0 bridgehead atoms. The highest BCUT2D eigenvalue weighted by Crippen LogP contribution is 2.28. The first-order chi connectivity index (χ1) is 10.6. The number of carbonyl (C=O) groups is 1. The second-order valence-electron chi connectivity index (χ2n) is 4.91. The number of carbonyl (C=O) groups excluding carboxylic acids is 1. The summed E-state index contributed by atoms with van der Waals surface area (Å²) in [6, 6.07) is 14.5. The quantitative estimate of drug-likeness (QED) is 0.833. The van der Waals surface area contributed by atoms with Gasteiger partial charge in [-0.15, -0.1) is 0 Å². The number of phenolic OH excluding ortho intramolecular Hbond substituents is 1. The van der Waals surface area contributed by atoms with E-state index in [9.17, 15) is 9.90 Å². The van der Waals surface area contributed by atoms with Gasteiger partial charge in [-0.3, -0.25) is 4.79 Å². The number of benzene rings is 2. The molecule has 1 saturated heterocycles. The SMILES string of the molecule is Cc1cccc(C=C2SC(=Nc3ccc(O)cc3)NC2=O)c1. The fourth-order valence-corrected chi connectivity index (χ4v) is 2.88. The summed E-state index contributed by atoms with van der Waals surface area (Å²) in [7, 11) is 0. The lowest BCUT2D eigenvalue weighted by atomic mass is 10.1. The highest BCUT2D eigenvalue weighted by molar-refractivity contribution is 8.18. The molecule has 0 aromatic heterocycles. The molecule has 1 aliphatic heterocycles. The molecule has 1 fully saturated rings. The van der Waals surface area contributed by atoms with Crippen LogP contribution in [-0.2, 0) is 4.79 Å². The predicted octanol–water partition coefficient (Wildman–Crippen LogP) is 3.59. The molecule has 0 atom stereocenters. The molecule has 22 heavy (non-hydrogen) atoms. The van der Waals surface area contributed by atoms with Gasteiger partial charge in [0.1, 0.15) is 5.75 Å². The summed E-state index contributed by atoms with van der Waals surface area (Å²) in [6.45, 7) is 2.02. The zero-order valence-corrected chi connectivity index (χ0v) is 12.7. The zero-order chi connectivity index (χ0) is 15.5. The van der Waals surface area contributed by atoms with Crippen molar-refractivity contribution in [2.45, 2.75) is 6.92 Å². The van der Waals surface area contributed by atoms with Crippen molar-refractivity contribution < 1.29 is 9.90 Å². The number of hydrogen-bond acceptors (Lipinski definition) is 4. The van der Waals surface area contributed by atoms with E-state index < -0.39 is 0 Å². The van der Waals surface area contributed by atoms with Crippen molar-refractivity contribution in [1.82, 2.24) is 5.32 Å². The Kier molecular flexibility index (Phi) is 3.98. The van der Waals surface area contributed by atoms with E-state index in [1.165, 1.54) is 11.8 Å². The molecule has 0 spiro atoms. The van der Waals surface area contributed by atoms with E-state index >= 15 is 0 Å². The van der Waals surface area contributed by atoms with E-state index in [1.54, 1.807) is 24.3 Å². The highest BCUT2D eigenvalue weighted by Gasteiger charge is 2.23. The first-order valence-corrected chi connectivity index (χ1v) is 7.57. The molecule has 2 aromatic carbocycles. The normalized spacial score (nSPS) is 18.0. The maximum atomic E-state index is 12.0. The Morgan fingerprint density at radius 1 is 1.18 bits per heavy atom. The molecule has 0 unspecified atom stereocenters. The maximum absolute atomic E-state index is 12.0. The summed E-state index contributed by atoms with van der Waals surface area (Å²) < 4.78 is 0. The Balaban J connectivity index is 1.82. The van der Waals surface area contributed by atoms with E-state index in [0.717, 1.165) is 11.1 Å². The Morgan fingerprint density at radius 3 is 2.68 bits per heavy atom. The van der Waals surface area contributed by atoms with Gasteiger partial charge in [-0.2, -0.15) is 0 Å². The molecule has 1 amide bonds. The minimum absolute atomic E-state index is 0.149. The Labute approximate surface area is 132 Å². The zero-order valence-electron chi connectivity index (χ0n) is 11.9. The summed E-state index contributed by atoms with van der Waals surface area (Å²) in [6.07, 6.45) is 1.85. The third-order valence-corrected chi connectivity index (χ3v) is 3.98. The minimum atomic E-state index is -0.149. The molecular formula is C17H14N2O2S. The van der Waals surface area contributed by atoms with Crippen LogP contribution in [0.4, 0.5) is 5.69 Å². The molecule has 110 valence electrons. The highest BCUT2D eigenvalue weighted by atomic mass is 32.2. The monoisotopic (exact) mass is 310 g/mol. The van der Waals surface area contributed by atoms with E-state index in [1.807, 2.05) is 37.3 Å². The Morgan fingerprint density at radius 2 is 1.95 bits per heavy atom. The van der Waals surface area contributed by atoms with Gasteiger partial charge in [0.25, 0.3) is 5.91 Å². The standard InChI is InChI=1S/C17H14N2O2S/c1-11-3-2-4-12(9-11)10-15-16(21)19-17(22-15)18-13-5-7-14(20)8-6-13/h2-10,20H,1H3,(H,18,19,21). The molecule has 4 nitrogen and oxygen atoms in total.